The van der Waals surface area contributed by atoms with Gasteiger partial charge in [0.2, 0.25) is 5.91 Å². The number of nitrogens with two attached hydrogens (primary N) is 1. The van der Waals surface area contributed by atoms with Crippen LogP contribution in [0.5, 0.6) is 0 Å². The molecular weight excluding hydrogens is 232 g/mol. The number of para-hydroxylation sites is 1. The molecule has 0 saturated heterocycles. The maximum atomic E-state index is 11.6. The summed E-state index contributed by atoms with van der Waals surface area (Å²) in [6.45, 7) is 4.23. The molecule has 1 amide bonds. The molecule has 0 spiro atoms. The molecule has 1 aromatic rings. The van der Waals surface area contributed by atoms with E-state index in [0.717, 1.165) is 16.3 Å². The summed E-state index contributed by atoms with van der Waals surface area (Å²) in [5.74, 6) is 0.845. The minimum atomic E-state index is 0.0158. The van der Waals surface area contributed by atoms with Crippen molar-refractivity contribution in [2.45, 2.75) is 17.7 Å². The average Bonchev–Trinajstić information content (AvgIpc) is 2.35. The lowest BCUT2D eigenvalue weighted by Crippen LogP contribution is -2.13. The molecule has 0 fully saturated rings. The van der Waals surface area contributed by atoms with E-state index in [-0.39, 0.29) is 5.91 Å². The number of anilines is 1. The van der Waals surface area contributed by atoms with Crippen LogP contribution < -0.4 is 11.1 Å². The molecule has 0 aliphatic rings. The summed E-state index contributed by atoms with van der Waals surface area (Å²) in [5.41, 5.74) is 6.23. The van der Waals surface area contributed by atoms with Gasteiger partial charge in [-0.15, -0.1) is 18.3 Å². The molecule has 4 heteroatoms. The summed E-state index contributed by atoms with van der Waals surface area (Å²) >= 11 is 1.66. The van der Waals surface area contributed by atoms with Crippen molar-refractivity contribution in [2.24, 2.45) is 5.73 Å². The molecule has 1 rings (SSSR count). The predicted octanol–water partition coefficient (Wildman–Crippen LogP) is 2.64. The number of benzene rings is 1. The summed E-state index contributed by atoms with van der Waals surface area (Å²) in [6, 6.07) is 7.77. The van der Waals surface area contributed by atoms with Crippen LogP contribution in [0.2, 0.25) is 0 Å². The summed E-state index contributed by atoms with van der Waals surface area (Å²) in [7, 11) is 0. The highest BCUT2D eigenvalue weighted by Gasteiger charge is 2.05. The number of carbonyl (C=O) groups excluding carboxylic acids is 1. The zero-order chi connectivity index (χ0) is 12.5. The van der Waals surface area contributed by atoms with Gasteiger partial charge in [-0.05, 0) is 25.1 Å². The van der Waals surface area contributed by atoms with Gasteiger partial charge >= 0.3 is 0 Å². The van der Waals surface area contributed by atoms with Crippen molar-refractivity contribution in [2.75, 3.05) is 17.6 Å². The molecule has 0 aliphatic heterocycles. The minimum Gasteiger partial charge on any atom is -0.330 e. The number of hydrogen-bond donors (Lipinski definition) is 2. The van der Waals surface area contributed by atoms with Crippen molar-refractivity contribution >= 4 is 23.4 Å². The van der Waals surface area contributed by atoms with Gasteiger partial charge in [0.1, 0.15) is 0 Å². The Kier molecular flexibility index (Phi) is 6.43. The molecule has 92 valence electrons. The van der Waals surface area contributed by atoms with Crippen LogP contribution in [0.15, 0.2) is 41.8 Å². The summed E-state index contributed by atoms with van der Waals surface area (Å²) in [4.78, 5) is 12.7. The number of carbonyl (C=O) groups is 1. The fourth-order valence-electron chi connectivity index (χ4n) is 1.32. The number of thioether (sulfide) groups is 1. The summed E-state index contributed by atoms with van der Waals surface area (Å²) in [5, 5.41) is 2.90. The van der Waals surface area contributed by atoms with Crippen LogP contribution in [0.3, 0.4) is 0 Å². The molecule has 0 heterocycles. The van der Waals surface area contributed by atoms with E-state index in [1.54, 1.807) is 11.8 Å². The number of rotatable bonds is 7. The average molecular weight is 250 g/mol. The van der Waals surface area contributed by atoms with Crippen molar-refractivity contribution in [1.29, 1.82) is 0 Å². The number of nitrogens with one attached hydrogen (secondary N) is 1. The molecular formula is C13H18N2OS. The summed E-state index contributed by atoms with van der Waals surface area (Å²) < 4.78 is 0. The van der Waals surface area contributed by atoms with Gasteiger partial charge in [-0.3, -0.25) is 4.79 Å². The van der Waals surface area contributed by atoms with Crippen LogP contribution in [-0.4, -0.2) is 18.2 Å². The van der Waals surface area contributed by atoms with Crippen LogP contribution in [0, 0.1) is 0 Å². The third-order valence-electron chi connectivity index (χ3n) is 2.13. The van der Waals surface area contributed by atoms with Gasteiger partial charge in [0, 0.05) is 17.1 Å². The second-order valence-electron chi connectivity index (χ2n) is 3.54. The first-order chi connectivity index (χ1) is 8.27. The first kappa shape index (κ1) is 13.8. The van der Waals surface area contributed by atoms with Crippen molar-refractivity contribution < 1.29 is 4.79 Å². The van der Waals surface area contributed by atoms with Gasteiger partial charge in [0.05, 0.1) is 5.69 Å². The lowest BCUT2D eigenvalue weighted by molar-refractivity contribution is -0.116. The highest BCUT2D eigenvalue weighted by atomic mass is 32.2. The van der Waals surface area contributed by atoms with Gasteiger partial charge in [-0.2, -0.15) is 0 Å². The minimum absolute atomic E-state index is 0.0158. The number of hydrogen-bond acceptors (Lipinski definition) is 3. The molecule has 0 unspecified atom stereocenters. The monoisotopic (exact) mass is 250 g/mol. The van der Waals surface area contributed by atoms with Crippen molar-refractivity contribution in [3.63, 3.8) is 0 Å². The van der Waals surface area contributed by atoms with E-state index in [2.05, 4.69) is 11.9 Å². The fourth-order valence-corrected chi connectivity index (χ4v) is 2.07. The third kappa shape index (κ3) is 5.06. The van der Waals surface area contributed by atoms with E-state index in [4.69, 9.17) is 5.73 Å². The lowest BCUT2D eigenvalue weighted by atomic mass is 10.2. The zero-order valence-corrected chi connectivity index (χ0v) is 10.6. The summed E-state index contributed by atoms with van der Waals surface area (Å²) in [6.07, 6.45) is 3.03. The Morgan fingerprint density at radius 2 is 2.24 bits per heavy atom. The maximum absolute atomic E-state index is 11.6. The Morgan fingerprint density at radius 3 is 2.94 bits per heavy atom. The highest BCUT2D eigenvalue weighted by molar-refractivity contribution is 7.99. The van der Waals surface area contributed by atoms with Crippen molar-refractivity contribution in [3.8, 4) is 0 Å². The van der Waals surface area contributed by atoms with Crippen LogP contribution >= 0.6 is 11.8 Å². The SMILES string of the molecule is C=CCSc1ccccc1NC(=O)CCCN. The van der Waals surface area contributed by atoms with E-state index < -0.39 is 0 Å². The van der Waals surface area contributed by atoms with Crippen molar-refractivity contribution in [3.05, 3.63) is 36.9 Å². The Hall–Kier alpha value is -1.26. The molecule has 0 radical (unpaired) electrons. The highest BCUT2D eigenvalue weighted by Crippen LogP contribution is 2.26. The third-order valence-corrected chi connectivity index (χ3v) is 3.20. The van der Waals surface area contributed by atoms with Gasteiger partial charge < -0.3 is 11.1 Å². The first-order valence-electron chi connectivity index (χ1n) is 5.60. The maximum Gasteiger partial charge on any atom is 0.224 e. The molecule has 17 heavy (non-hydrogen) atoms. The second-order valence-corrected chi connectivity index (χ2v) is 4.60. The van der Waals surface area contributed by atoms with Crippen molar-refractivity contribution in [1.82, 2.24) is 0 Å². The van der Waals surface area contributed by atoms with Gasteiger partial charge in [0.25, 0.3) is 0 Å². The van der Waals surface area contributed by atoms with E-state index in [0.29, 0.717) is 19.4 Å². The Labute approximate surface area is 106 Å². The van der Waals surface area contributed by atoms with Gasteiger partial charge in [-0.25, -0.2) is 0 Å². The molecule has 3 nitrogen and oxygen atoms in total. The van der Waals surface area contributed by atoms with Crippen LogP contribution in [0.4, 0.5) is 5.69 Å². The normalized spacial score (nSPS) is 9.94. The molecule has 0 aliphatic carbocycles. The quantitative estimate of drug-likeness (QED) is 0.578. The zero-order valence-electron chi connectivity index (χ0n) is 9.82. The van der Waals surface area contributed by atoms with Crippen LogP contribution in [0.1, 0.15) is 12.8 Å². The van der Waals surface area contributed by atoms with Gasteiger partial charge in [0.15, 0.2) is 0 Å². The lowest BCUT2D eigenvalue weighted by Gasteiger charge is -2.09. The fraction of sp³-hybridized carbons (Fsp3) is 0.308. The first-order valence-corrected chi connectivity index (χ1v) is 6.59. The Bertz CT molecular complexity index is 379. The van der Waals surface area contributed by atoms with Gasteiger partial charge in [-0.1, -0.05) is 18.2 Å². The standard InChI is InChI=1S/C13H18N2OS/c1-2-10-17-12-7-4-3-6-11(12)15-13(16)8-5-9-14/h2-4,6-7H,1,5,8-10,14H2,(H,15,16). The van der Waals surface area contributed by atoms with E-state index in [1.165, 1.54) is 0 Å². The topological polar surface area (TPSA) is 55.1 Å². The Morgan fingerprint density at radius 1 is 1.47 bits per heavy atom. The predicted molar refractivity (Wildman–Crippen MR) is 74.3 cm³/mol. The Balaban J connectivity index is 2.62. The molecule has 3 N–H and O–H groups in total. The molecule has 0 saturated carbocycles. The molecule has 0 aromatic heterocycles. The molecule has 1 aromatic carbocycles. The van der Waals surface area contributed by atoms with Crippen LogP contribution in [-0.2, 0) is 4.79 Å². The molecule has 0 bridgehead atoms. The second kappa shape index (κ2) is 7.92. The smallest absolute Gasteiger partial charge is 0.224 e. The van der Waals surface area contributed by atoms with E-state index in [1.807, 2.05) is 30.3 Å². The van der Waals surface area contributed by atoms with E-state index >= 15 is 0 Å². The van der Waals surface area contributed by atoms with Crippen LogP contribution in [0.25, 0.3) is 0 Å². The number of amides is 1. The largest absolute Gasteiger partial charge is 0.330 e. The van der Waals surface area contributed by atoms with E-state index in [9.17, 15) is 4.79 Å². The molecule has 0 atom stereocenters.